The van der Waals surface area contributed by atoms with Crippen molar-refractivity contribution in [1.82, 2.24) is 15.6 Å². The van der Waals surface area contributed by atoms with E-state index in [1.54, 1.807) is 11.3 Å². The molecule has 7 heteroatoms. The predicted octanol–water partition coefficient (Wildman–Crippen LogP) is 3.01. The van der Waals surface area contributed by atoms with Gasteiger partial charge < -0.3 is 5.32 Å². The number of para-hydroxylation sites is 1. The molecule has 21 heavy (non-hydrogen) atoms. The fraction of sp³-hybridized carbons (Fsp3) is 0.357. The number of aromatic nitrogens is 1. The normalized spacial score (nSPS) is 12.1. The quantitative estimate of drug-likeness (QED) is 0.830. The Morgan fingerprint density at radius 1 is 1.38 bits per heavy atom. The number of carbonyl (C=O) groups excluding carboxylic acids is 2. The number of hydrogen-bond acceptors (Lipinski definition) is 5. The zero-order valence-electron chi connectivity index (χ0n) is 11.9. The van der Waals surface area contributed by atoms with E-state index in [0.717, 1.165) is 21.0 Å². The first-order valence-electron chi connectivity index (χ1n) is 6.67. The van der Waals surface area contributed by atoms with Crippen LogP contribution in [0.1, 0.15) is 20.3 Å². The number of thioether (sulfide) groups is 1. The van der Waals surface area contributed by atoms with Gasteiger partial charge in [0.05, 0.1) is 16.0 Å². The van der Waals surface area contributed by atoms with Crippen molar-refractivity contribution in [2.24, 2.45) is 0 Å². The number of hydrogen-bond donors (Lipinski definition) is 2. The molecular formula is C14H17N3O2S2. The Balaban J connectivity index is 1.82. The van der Waals surface area contributed by atoms with Gasteiger partial charge in [-0.25, -0.2) is 9.78 Å². The van der Waals surface area contributed by atoms with Crippen molar-refractivity contribution in [3.63, 3.8) is 0 Å². The summed E-state index contributed by atoms with van der Waals surface area (Å²) < 4.78 is 1.92. The molecule has 1 heterocycles. The van der Waals surface area contributed by atoms with Crippen molar-refractivity contribution in [3.05, 3.63) is 24.3 Å². The van der Waals surface area contributed by atoms with Crippen LogP contribution in [-0.2, 0) is 4.79 Å². The van der Waals surface area contributed by atoms with Crippen molar-refractivity contribution >= 4 is 45.3 Å². The van der Waals surface area contributed by atoms with Crippen LogP contribution in [0.25, 0.3) is 10.2 Å². The number of carbonyl (C=O) groups is 2. The van der Waals surface area contributed by atoms with Crippen LogP contribution in [0.15, 0.2) is 28.6 Å². The third-order valence-electron chi connectivity index (χ3n) is 2.84. The Bertz CT molecular complexity index is 609. The lowest BCUT2D eigenvalue weighted by Gasteiger charge is -2.11. The van der Waals surface area contributed by atoms with E-state index in [-0.39, 0.29) is 17.7 Å². The van der Waals surface area contributed by atoms with E-state index in [4.69, 9.17) is 0 Å². The average molecular weight is 323 g/mol. The summed E-state index contributed by atoms with van der Waals surface area (Å²) in [6, 6.07) is 7.43. The molecule has 0 radical (unpaired) electrons. The summed E-state index contributed by atoms with van der Waals surface area (Å²) in [7, 11) is 0. The van der Waals surface area contributed by atoms with E-state index in [2.05, 4.69) is 15.6 Å². The van der Waals surface area contributed by atoms with Crippen molar-refractivity contribution < 1.29 is 9.59 Å². The maximum absolute atomic E-state index is 11.7. The summed E-state index contributed by atoms with van der Waals surface area (Å²) in [6.45, 7) is 3.86. The van der Waals surface area contributed by atoms with E-state index < -0.39 is 6.03 Å². The van der Waals surface area contributed by atoms with Crippen LogP contribution in [0.2, 0.25) is 0 Å². The molecule has 2 rings (SSSR count). The van der Waals surface area contributed by atoms with E-state index in [9.17, 15) is 9.59 Å². The number of imide groups is 1. The first-order valence-corrected chi connectivity index (χ1v) is 8.47. The average Bonchev–Trinajstić information content (AvgIpc) is 2.87. The predicted molar refractivity (Wildman–Crippen MR) is 86.8 cm³/mol. The molecule has 0 aliphatic carbocycles. The van der Waals surface area contributed by atoms with Crippen LogP contribution in [0, 0.1) is 0 Å². The van der Waals surface area contributed by atoms with Crippen LogP contribution >= 0.6 is 23.1 Å². The van der Waals surface area contributed by atoms with Gasteiger partial charge in [-0.05, 0) is 25.5 Å². The number of thiazole rings is 1. The number of fused-ring (bicyclic) bond motifs is 1. The molecule has 5 nitrogen and oxygen atoms in total. The molecular weight excluding hydrogens is 306 g/mol. The van der Waals surface area contributed by atoms with Crippen molar-refractivity contribution in [3.8, 4) is 0 Å². The SMILES string of the molecule is CC[C@@H](C)NC(=O)NC(=O)CSc1nc2ccccc2s1. The minimum atomic E-state index is -0.445. The highest BCUT2D eigenvalue weighted by molar-refractivity contribution is 8.01. The molecule has 1 atom stereocenters. The van der Waals surface area contributed by atoms with Crippen LogP contribution in [0.3, 0.4) is 0 Å². The number of nitrogens with one attached hydrogen (secondary N) is 2. The standard InChI is InChI=1S/C14H17N3O2S2/c1-3-9(2)15-13(19)17-12(18)8-20-14-16-10-6-4-5-7-11(10)21-14/h4-7,9H,3,8H2,1-2H3,(H2,15,17,18,19)/t9-/m1/s1. The Labute approximate surface area is 131 Å². The lowest BCUT2D eigenvalue weighted by molar-refractivity contribution is -0.117. The molecule has 0 fully saturated rings. The molecule has 1 aromatic carbocycles. The van der Waals surface area contributed by atoms with Gasteiger partial charge in [-0.15, -0.1) is 11.3 Å². The molecule has 0 unspecified atom stereocenters. The Hall–Kier alpha value is -1.60. The number of urea groups is 1. The second kappa shape index (κ2) is 7.42. The summed E-state index contributed by atoms with van der Waals surface area (Å²) in [4.78, 5) is 27.6. The summed E-state index contributed by atoms with van der Waals surface area (Å²) in [6.07, 6.45) is 0.821. The van der Waals surface area contributed by atoms with Crippen LogP contribution in [0.4, 0.5) is 4.79 Å². The van der Waals surface area contributed by atoms with Gasteiger partial charge in [-0.1, -0.05) is 30.8 Å². The summed E-state index contributed by atoms with van der Waals surface area (Å²) in [5.41, 5.74) is 0.930. The van der Waals surface area contributed by atoms with Crippen molar-refractivity contribution in [1.29, 1.82) is 0 Å². The van der Waals surface area contributed by atoms with E-state index in [1.807, 2.05) is 38.1 Å². The third kappa shape index (κ3) is 4.71. The van der Waals surface area contributed by atoms with Crippen LogP contribution in [-0.4, -0.2) is 28.7 Å². The lowest BCUT2D eigenvalue weighted by atomic mass is 10.3. The molecule has 0 aliphatic heterocycles. The molecule has 0 spiro atoms. The van der Waals surface area contributed by atoms with Gasteiger partial charge in [0.25, 0.3) is 0 Å². The van der Waals surface area contributed by atoms with Gasteiger partial charge in [-0.2, -0.15) is 0 Å². The summed E-state index contributed by atoms with van der Waals surface area (Å²) in [5, 5.41) is 5.00. The van der Waals surface area contributed by atoms with Gasteiger partial charge >= 0.3 is 6.03 Å². The first-order chi connectivity index (χ1) is 10.1. The molecule has 2 N–H and O–H groups in total. The largest absolute Gasteiger partial charge is 0.335 e. The second-order valence-electron chi connectivity index (χ2n) is 4.57. The zero-order chi connectivity index (χ0) is 15.2. The number of benzene rings is 1. The van der Waals surface area contributed by atoms with Crippen LogP contribution < -0.4 is 10.6 Å². The molecule has 112 valence electrons. The van der Waals surface area contributed by atoms with Gasteiger partial charge in [-0.3, -0.25) is 10.1 Å². The zero-order valence-corrected chi connectivity index (χ0v) is 13.5. The highest BCUT2D eigenvalue weighted by Crippen LogP contribution is 2.28. The monoisotopic (exact) mass is 323 g/mol. The van der Waals surface area contributed by atoms with Gasteiger partial charge in [0.1, 0.15) is 0 Å². The van der Waals surface area contributed by atoms with Gasteiger partial charge in [0.15, 0.2) is 4.34 Å². The molecule has 0 saturated heterocycles. The van der Waals surface area contributed by atoms with E-state index in [1.165, 1.54) is 11.8 Å². The number of rotatable bonds is 5. The Kier molecular flexibility index (Phi) is 5.58. The number of amides is 3. The molecule has 3 amide bonds. The maximum atomic E-state index is 11.7. The molecule has 2 aromatic rings. The summed E-state index contributed by atoms with van der Waals surface area (Å²) >= 11 is 2.88. The Morgan fingerprint density at radius 3 is 2.86 bits per heavy atom. The topological polar surface area (TPSA) is 71.1 Å². The Morgan fingerprint density at radius 2 is 2.14 bits per heavy atom. The third-order valence-corrected chi connectivity index (χ3v) is 5.02. The smallest absolute Gasteiger partial charge is 0.321 e. The van der Waals surface area contributed by atoms with E-state index in [0.29, 0.717) is 0 Å². The minimum Gasteiger partial charge on any atom is -0.335 e. The van der Waals surface area contributed by atoms with Crippen molar-refractivity contribution in [2.45, 2.75) is 30.6 Å². The molecule has 0 bridgehead atoms. The summed E-state index contributed by atoms with van der Waals surface area (Å²) in [5.74, 6) is -0.145. The van der Waals surface area contributed by atoms with Crippen molar-refractivity contribution in [2.75, 3.05) is 5.75 Å². The lowest BCUT2D eigenvalue weighted by Crippen LogP contribution is -2.43. The number of nitrogens with zero attached hydrogens (tertiary/aromatic N) is 1. The fourth-order valence-corrected chi connectivity index (χ4v) is 3.43. The highest BCUT2D eigenvalue weighted by Gasteiger charge is 2.11. The fourth-order valence-electron chi connectivity index (χ4n) is 1.56. The van der Waals surface area contributed by atoms with Crippen LogP contribution in [0.5, 0.6) is 0 Å². The minimum absolute atomic E-state index is 0.0507. The highest BCUT2D eigenvalue weighted by atomic mass is 32.2. The maximum Gasteiger partial charge on any atom is 0.321 e. The molecule has 0 aliphatic rings. The van der Waals surface area contributed by atoms with Gasteiger partial charge in [0, 0.05) is 6.04 Å². The first kappa shape index (κ1) is 15.8. The second-order valence-corrected chi connectivity index (χ2v) is 6.82. The van der Waals surface area contributed by atoms with Gasteiger partial charge in [0.2, 0.25) is 5.91 Å². The molecule has 0 saturated carbocycles. The molecule has 1 aromatic heterocycles. The van der Waals surface area contributed by atoms with E-state index >= 15 is 0 Å².